The Kier molecular flexibility index (Phi) is 6.50. The molecule has 0 radical (unpaired) electrons. The molecule has 182 valence electrons. The predicted molar refractivity (Wildman–Crippen MR) is 52.6 cm³/mol. The zero-order valence-corrected chi connectivity index (χ0v) is 13.1. The predicted octanol–water partition coefficient (Wildman–Crippen LogP) is 6.24. The lowest BCUT2D eigenvalue weighted by molar-refractivity contribution is -0.486. The van der Waals surface area contributed by atoms with E-state index in [1.807, 2.05) is 0 Å². The largest absolute Gasteiger partial charge is 0.460 e. The summed E-state index contributed by atoms with van der Waals surface area (Å²) in [5.74, 6) is -43.7. The van der Waals surface area contributed by atoms with Crippen molar-refractivity contribution in [1.29, 1.82) is 0 Å². The summed E-state index contributed by atoms with van der Waals surface area (Å²) in [5.41, 5.74) is -8.34. The van der Waals surface area contributed by atoms with Crippen molar-refractivity contribution in [2.75, 3.05) is 7.11 Å². The fraction of sp³-hybridized carbons (Fsp3) is 1.00. The molecule has 0 aromatic rings. The molecule has 0 aliphatic heterocycles. The molecule has 0 heterocycles. The molecule has 30 heavy (non-hydrogen) atoms. The zero-order chi connectivity index (χ0) is 25.2. The molecule has 0 fully saturated rings. The number of halogens is 19. The van der Waals surface area contributed by atoms with Crippen LogP contribution in [0.3, 0.4) is 0 Å². The molecule has 0 rings (SSSR count). The average molecular weight is 500 g/mol. The van der Waals surface area contributed by atoms with Gasteiger partial charge in [-0.3, -0.25) is 0 Å². The first kappa shape index (κ1) is 28.6. The summed E-state index contributed by atoms with van der Waals surface area (Å²) in [5, 5.41) is 0. The van der Waals surface area contributed by atoms with E-state index in [1.54, 1.807) is 0 Å². The van der Waals surface area contributed by atoms with Gasteiger partial charge in [0.2, 0.25) is 0 Å². The highest BCUT2D eigenvalue weighted by atomic mass is 19.4. The maximum Gasteiger partial charge on any atom is 0.460 e. The molecule has 20 heteroatoms. The van der Waals surface area contributed by atoms with Gasteiger partial charge in [0.1, 0.15) is 0 Å². The van der Waals surface area contributed by atoms with Gasteiger partial charge in [-0.1, -0.05) is 0 Å². The Labute approximate surface area is 150 Å². The minimum absolute atomic E-state index is 0.793. The maximum atomic E-state index is 13.6. The van der Waals surface area contributed by atoms with Crippen LogP contribution in [0.15, 0.2) is 0 Å². The molecule has 1 unspecified atom stereocenters. The highest BCUT2D eigenvalue weighted by Crippen LogP contribution is 2.66. The van der Waals surface area contributed by atoms with Crippen LogP contribution in [-0.2, 0) is 4.74 Å². The third-order valence-corrected chi connectivity index (χ3v) is 3.41. The van der Waals surface area contributed by atoms with E-state index in [0.29, 0.717) is 0 Å². The minimum atomic E-state index is -8.95. The highest BCUT2D eigenvalue weighted by Gasteiger charge is 2.98. The molecule has 0 amide bonds. The van der Waals surface area contributed by atoms with Crippen molar-refractivity contribution in [1.82, 2.24) is 0 Å². The molecule has 0 spiro atoms. The molecule has 0 bridgehead atoms. The van der Waals surface area contributed by atoms with Crippen LogP contribution in [0.2, 0.25) is 0 Å². The van der Waals surface area contributed by atoms with Crippen molar-refractivity contribution < 1.29 is 88.2 Å². The third kappa shape index (κ3) is 3.23. The summed E-state index contributed by atoms with van der Waals surface area (Å²) >= 11 is 0. The quantitative estimate of drug-likeness (QED) is 0.377. The topological polar surface area (TPSA) is 9.23 Å². The van der Waals surface area contributed by atoms with Crippen LogP contribution < -0.4 is 0 Å². The van der Waals surface area contributed by atoms with Gasteiger partial charge in [-0.2, -0.15) is 79.0 Å². The van der Waals surface area contributed by atoms with Crippen LogP contribution >= 0.6 is 0 Å². The Morgan fingerprint density at radius 2 is 0.633 bits per heavy atom. The SMILES string of the molecule is COC(F)(F)C(F)(C(F)(F)F)C(F)(F)C(F)(F)C(F)(F)C(F)(F)C(F)(F)C(F)(F)F. The van der Waals surface area contributed by atoms with Crippen molar-refractivity contribution in [2.24, 2.45) is 0 Å². The lowest BCUT2D eigenvalue weighted by Crippen LogP contribution is -2.78. The number of rotatable bonds is 7. The van der Waals surface area contributed by atoms with E-state index in [9.17, 15) is 83.4 Å². The normalized spacial score (nSPS) is 18.4. The van der Waals surface area contributed by atoms with Gasteiger partial charge in [-0.25, -0.2) is 4.39 Å². The van der Waals surface area contributed by atoms with Gasteiger partial charge in [-0.05, 0) is 0 Å². The molecule has 0 N–H and O–H groups in total. The van der Waals surface area contributed by atoms with Crippen LogP contribution in [-0.4, -0.2) is 60.9 Å². The average Bonchev–Trinajstić information content (AvgIpc) is 2.50. The fourth-order valence-corrected chi connectivity index (χ4v) is 1.65. The molecule has 0 aromatic heterocycles. The van der Waals surface area contributed by atoms with Gasteiger partial charge in [0.25, 0.3) is 0 Å². The van der Waals surface area contributed by atoms with Gasteiger partial charge >= 0.3 is 53.7 Å². The van der Waals surface area contributed by atoms with E-state index < -0.39 is 60.9 Å². The summed E-state index contributed by atoms with van der Waals surface area (Å²) < 4.78 is 245. The summed E-state index contributed by atoms with van der Waals surface area (Å²) in [6, 6.07) is 0. The van der Waals surface area contributed by atoms with E-state index in [-0.39, 0.29) is 0 Å². The van der Waals surface area contributed by atoms with E-state index in [2.05, 4.69) is 4.74 Å². The number of alkyl halides is 19. The van der Waals surface area contributed by atoms with Crippen molar-refractivity contribution in [3.63, 3.8) is 0 Å². The molecule has 0 saturated heterocycles. The van der Waals surface area contributed by atoms with E-state index in [4.69, 9.17) is 0 Å². The van der Waals surface area contributed by atoms with Crippen LogP contribution in [0.1, 0.15) is 0 Å². The van der Waals surface area contributed by atoms with Crippen molar-refractivity contribution in [2.45, 2.75) is 53.7 Å². The third-order valence-electron chi connectivity index (χ3n) is 3.41. The van der Waals surface area contributed by atoms with Crippen molar-refractivity contribution >= 4 is 0 Å². The van der Waals surface area contributed by atoms with Crippen molar-refractivity contribution in [3.8, 4) is 0 Å². The Hall–Kier alpha value is -1.37. The first-order valence-electron chi connectivity index (χ1n) is 6.20. The van der Waals surface area contributed by atoms with E-state index in [1.165, 1.54) is 0 Å². The first-order valence-corrected chi connectivity index (χ1v) is 6.20. The zero-order valence-electron chi connectivity index (χ0n) is 13.1. The molecule has 0 aliphatic carbocycles. The van der Waals surface area contributed by atoms with Gasteiger partial charge in [-0.15, -0.1) is 0 Å². The van der Waals surface area contributed by atoms with Gasteiger partial charge in [0.05, 0.1) is 0 Å². The Balaban J connectivity index is 7.12. The number of hydrogen-bond donors (Lipinski definition) is 0. The standard InChI is InChI=1S/C10H3F19O/c1-30-10(28,29)2(11,8(22,23)24)3(12,13)4(14,15)5(16,17)6(18,19)7(20,21)9(25,26)27/h1H3. The molecule has 1 nitrogen and oxygen atoms in total. The molecular weight excluding hydrogens is 497 g/mol. The molecule has 0 aromatic carbocycles. The molecule has 0 aliphatic rings. The summed E-state index contributed by atoms with van der Waals surface area (Å²) in [6.45, 7) is 0. The Bertz CT molecular complexity index is 626. The number of methoxy groups -OCH3 is 1. The maximum absolute atomic E-state index is 13.6. The number of hydrogen-bond acceptors (Lipinski definition) is 1. The second kappa shape index (κ2) is 6.81. The van der Waals surface area contributed by atoms with Gasteiger partial charge in [0.15, 0.2) is 0 Å². The monoisotopic (exact) mass is 500 g/mol. The van der Waals surface area contributed by atoms with Crippen LogP contribution in [0.5, 0.6) is 0 Å². The summed E-state index contributed by atoms with van der Waals surface area (Å²) in [6.07, 6.45) is -23.3. The molecular formula is C10H3F19O. The van der Waals surface area contributed by atoms with Gasteiger partial charge < -0.3 is 4.74 Å². The minimum Gasteiger partial charge on any atom is -0.321 e. The van der Waals surface area contributed by atoms with Gasteiger partial charge in [0, 0.05) is 7.11 Å². The second-order valence-electron chi connectivity index (χ2n) is 5.25. The summed E-state index contributed by atoms with van der Waals surface area (Å²) in [4.78, 5) is 0. The van der Waals surface area contributed by atoms with Crippen molar-refractivity contribution in [3.05, 3.63) is 0 Å². The van der Waals surface area contributed by atoms with Crippen LogP contribution in [0.25, 0.3) is 0 Å². The van der Waals surface area contributed by atoms with Crippen LogP contribution in [0, 0.1) is 0 Å². The smallest absolute Gasteiger partial charge is 0.321 e. The lowest BCUT2D eigenvalue weighted by atomic mass is 9.84. The fourth-order valence-electron chi connectivity index (χ4n) is 1.65. The second-order valence-corrected chi connectivity index (χ2v) is 5.25. The Morgan fingerprint density at radius 3 is 0.867 bits per heavy atom. The van der Waals surface area contributed by atoms with Crippen LogP contribution in [0.4, 0.5) is 83.4 Å². The highest BCUT2D eigenvalue weighted by molar-refractivity contribution is 5.18. The number of ether oxygens (including phenoxy) is 1. The lowest BCUT2D eigenvalue weighted by Gasteiger charge is -2.45. The van der Waals surface area contributed by atoms with E-state index in [0.717, 1.165) is 0 Å². The molecule has 1 atom stereocenters. The van der Waals surface area contributed by atoms with E-state index >= 15 is 0 Å². The Morgan fingerprint density at radius 1 is 0.367 bits per heavy atom. The summed E-state index contributed by atoms with van der Waals surface area (Å²) in [7, 11) is -0.793. The first-order chi connectivity index (χ1) is 12.6. The molecule has 0 saturated carbocycles.